The minimum absolute atomic E-state index is 0.0761. The number of pyridine rings is 1. The van der Waals surface area contributed by atoms with Crippen molar-refractivity contribution < 1.29 is 17.9 Å². The predicted octanol–water partition coefficient (Wildman–Crippen LogP) is 3.27. The maximum atomic E-state index is 12.5. The van der Waals surface area contributed by atoms with Crippen molar-refractivity contribution in [3.63, 3.8) is 0 Å². The van der Waals surface area contributed by atoms with Gasteiger partial charge in [0, 0.05) is 28.9 Å². The zero-order valence-corrected chi connectivity index (χ0v) is 14.7. The Bertz CT molecular complexity index is 1020. The van der Waals surface area contributed by atoms with E-state index in [-0.39, 0.29) is 4.90 Å². The summed E-state index contributed by atoms with van der Waals surface area (Å²) in [6, 6.07) is 10.2. The van der Waals surface area contributed by atoms with Crippen LogP contribution in [0.3, 0.4) is 0 Å². The first-order valence-electron chi connectivity index (χ1n) is 7.66. The number of ether oxygens (including phenoxy) is 2. The first-order valence-corrected chi connectivity index (χ1v) is 9.92. The molecule has 8 heteroatoms. The second kappa shape index (κ2) is 6.45. The van der Waals surface area contributed by atoms with Gasteiger partial charge in [-0.25, -0.2) is 4.98 Å². The van der Waals surface area contributed by atoms with Gasteiger partial charge in [0.25, 0.3) is 10.0 Å². The minimum atomic E-state index is -3.82. The van der Waals surface area contributed by atoms with E-state index in [1.807, 2.05) is 18.2 Å². The van der Waals surface area contributed by atoms with Gasteiger partial charge in [0.05, 0.1) is 24.3 Å². The Balaban J connectivity index is 1.64. The molecule has 0 spiro atoms. The van der Waals surface area contributed by atoms with E-state index >= 15 is 0 Å². The second-order valence-electron chi connectivity index (χ2n) is 5.42. The molecule has 1 aromatic carbocycles. The first-order chi connectivity index (χ1) is 12.1. The van der Waals surface area contributed by atoms with E-state index in [0.717, 1.165) is 21.5 Å². The van der Waals surface area contributed by atoms with Crippen LogP contribution in [0.15, 0.2) is 51.9 Å². The zero-order chi connectivity index (χ0) is 17.3. The molecule has 0 saturated heterocycles. The van der Waals surface area contributed by atoms with Gasteiger partial charge in [-0.1, -0.05) is 6.07 Å². The number of rotatable bonds is 3. The summed E-state index contributed by atoms with van der Waals surface area (Å²) in [5.41, 5.74) is 0. The fourth-order valence-electron chi connectivity index (χ4n) is 2.44. The molecule has 1 aliphatic heterocycles. The van der Waals surface area contributed by atoms with Crippen LogP contribution in [0, 0.1) is 0 Å². The minimum Gasteiger partial charge on any atom is -0.490 e. The Hall–Kier alpha value is -2.45. The number of hydrogen-bond donors (Lipinski definition) is 0. The fourth-order valence-corrected chi connectivity index (χ4v) is 4.25. The van der Waals surface area contributed by atoms with Crippen LogP contribution in [0.2, 0.25) is 0 Å². The van der Waals surface area contributed by atoms with Crippen LogP contribution < -0.4 is 9.47 Å². The van der Waals surface area contributed by atoms with Gasteiger partial charge < -0.3 is 9.47 Å². The molecule has 0 atom stereocenters. The Morgan fingerprint density at radius 1 is 1.12 bits per heavy atom. The highest BCUT2D eigenvalue weighted by Crippen LogP contribution is 2.32. The number of sulfonamides is 1. The monoisotopic (exact) mass is 374 g/mol. The molecule has 6 nitrogen and oxygen atoms in total. The molecule has 3 heterocycles. The summed E-state index contributed by atoms with van der Waals surface area (Å²) >= 11 is 1.39. The molecule has 25 heavy (non-hydrogen) atoms. The fraction of sp³-hybridized carbons (Fsp3) is 0.176. The van der Waals surface area contributed by atoms with Gasteiger partial charge in [0.15, 0.2) is 11.5 Å². The number of hydrogen-bond acceptors (Lipinski definition) is 6. The smallest absolute Gasteiger partial charge is 0.282 e. The van der Waals surface area contributed by atoms with Gasteiger partial charge in [0.2, 0.25) is 0 Å². The zero-order valence-electron chi connectivity index (χ0n) is 13.1. The number of aromatic nitrogens is 1. The van der Waals surface area contributed by atoms with Gasteiger partial charge >= 0.3 is 0 Å². The molecule has 0 radical (unpaired) electrons. The van der Waals surface area contributed by atoms with Crippen molar-refractivity contribution in [3.8, 4) is 11.5 Å². The lowest BCUT2D eigenvalue weighted by atomic mass is 10.3. The molecule has 128 valence electrons. The number of nitrogens with zero attached hydrogens (tertiary/aromatic N) is 2. The van der Waals surface area contributed by atoms with Crippen LogP contribution in [-0.4, -0.2) is 32.8 Å². The van der Waals surface area contributed by atoms with E-state index in [9.17, 15) is 8.42 Å². The molecule has 0 fully saturated rings. The lowest BCUT2D eigenvalue weighted by molar-refractivity contribution is 0.297. The summed E-state index contributed by atoms with van der Waals surface area (Å²) < 4.78 is 39.8. The number of thiophene rings is 1. The number of benzene rings is 1. The standard InChI is InChI=1S/C17H14N2O4S2/c20-25(21,14-4-5-15-16(10-14)23-8-2-7-22-15)19-11-13-9-12-3-1-6-18-17(12)24-13/h1,3-6,9-11H,2,7-8H2/b19-11+. The highest BCUT2D eigenvalue weighted by Gasteiger charge is 2.17. The van der Waals surface area contributed by atoms with Crippen LogP contribution in [-0.2, 0) is 10.0 Å². The molecule has 3 aromatic rings. The molecule has 0 N–H and O–H groups in total. The Labute approximate surface area is 148 Å². The topological polar surface area (TPSA) is 77.9 Å². The Kier molecular flexibility index (Phi) is 4.14. The van der Waals surface area contributed by atoms with E-state index in [4.69, 9.17) is 9.47 Å². The summed E-state index contributed by atoms with van der Waals surface area (Å²) in [4.78, 5) is 5.89. The van der Waals surface area contributed by atoms with Crippen molar-refractivity contribution in [2.45, 2.75) is 11.3 Å². The summed E-state index contributed by atoms with van der Waals surface area (Å²) in [6.07, 6.45) is 3.81. The van der Waals surface area contributed by atoms with E-state index in [2.05, 4.69) is 9.38 Å². The van der Waals surface area contributed by atoms with Crippen LogP contribution in [0.5, 0.6) is 11.5 Å². The van der Waals surface area contributed by atoms with Gasteiger partial charge in [-0.2, -0.15) is 12.8 Å². The molecule has 4 rings (SSSR count). The SMILES string of the molecule is O=S(=O)(/N=C/c1cc2cccnc2s1)c1ccc2c(c1)OCCCO2. The van der Waals surface area contributed by atoms with E-state index < -0.39 is 10.0 Å². The van der Waals surface area contributed by atoms with E-state index in [1.54, 1.807) is 12.3 Å². The quantitative estimate of drug-likeness (QED) is 0.658. The highest BCUT2D eigenvalue weighted by atomic mass is 32.2. The lowest BCUT2D eigenvalue weighted by Gasteiger charge is -2.08. The third-order valence-corrected chi connectivity index (χ3v) is 5.87. The highest BCUT2D eigenvalue weighted by molar-refractivity contribution is 7.90. The van der Waals surface area contributed by atoms with Gasteiger partial charge in [0.1, 0.15) is 4.83 Å². The third kappa shape index (κ3) is 3.35. The average Bonchev–Trinajstić information content (AvgIpc) is 2.89. The second-order valence-corrected chi connectivity index (χ2v) is 8.11. The summed E-state index contributed by atoms with van der Waals surface area (Å²) in [5, 5.41) is 0.960. The van der Waals surface area contributed by atoms with Crippen LogP contribution in [0.25, 0.3) is 10.2 Å². The maximum Gasteiger partial charge on any atom is 0.282 e. The summed E-state index contributed by atoms with van der Waals surface area (Å²) in [5.74, 6) is 0.982. The van der Waals surface area contributed by atoms with Crippen LogP contribution >= 0.6 is 11.3 Å². The largest absolute Gasteiger partial charge is 0.490 e. The van der Waals surface area contributed by atoms with Crippen molar-refractivity contribution in [1.29, 1.82) is 0 Å². The van der Waals surface area contributed by atoms with Gasteiger partial charge in [-0.3, -0.25) is 0 Å². The molecular formula is C17H14N2O4S2. The molecular weight excluding hydrogens is 360 g/mol. The van der Waals surface area contributed by atoms with Gasteiger partial charge in [-0.15, -0.1) is 11.3 Å². The number of fused-ring (bicyclic) bond motifs is 2. The molecule has 2 aromatic heterocycles. The first kappa shape index (κ1) is 16.0. The van der Waals surface area contributed by atoms with E-state index in [1.165, 1.54) is 29.7 Å². The van der Waals surface area contributed by atoms with Crippen molar-refractivity contribution in [1.82, 2.24) is 4.98 Å². The molecule has 0 aliphatic carbocycles. The third-order valence-electron chi connectivity index (χ3n) is 3.65. The maximum absolute atomic E-state index is 12.5. The van der Waals surface area contributed by atoms with Crippen molar-refractivity contribution in [2.75, 3.05) is 13.2 Å². The molecule has 0 bridgehead atoms. The van der Waals surface area contributed by atoms with Crippen LogP contribution in [0.4, 0.5) is 0 Å². The van der Waals surface area contributed by atoms with Crippen molar-refractivity contribution in [3.05, 3.63) is 47.5 Å². The Morgan fingerprint density at radius 2 is 1.96 bits per heavy atom. The molecule has 0 saturated carbocycles. The average molecular weight is 374 g/mol. The Morgan fingerprint density at radius 3 is 2.80 bits per heavy atom. The molecule has 0 unspecified atom stereocenters. The van der Waals surface area contributed by atoms with Crippen molar-refractivity contribution >= 4 is 37.8 Å². The molecule has 1 aliphatic rings. The lowest BCUT2D eigenvalue weighted by Crippen LogP contribution is -1.99. The van der Waals surface area contributed by atoms with E-state index in [0.29, 0.717) is 24.7 Å². The summed E-state index contributed by atoms with van der Waals surface area (Å²) in [7, 11) is -3.82. The normalized spacial score (nSPS) is 14.7. The van der Waals surface area contributed by atoms with Crippen LogP contribution in [0.1, 0.15) is 11.3 Å². The molecule has 0 amide bonds. The summed E-state index contributed by atoms with van der Waals surface area (Å²) in [6.45, 7) is 1.05. The van der Waals surface area contributed by atoms with Gasteiger partial charge in [-0.05, 0) is 24.3 Å². The predicted molar refractivity (Wildman–Crippen MR) is 96.4 cm³/mol. The van der Waals surface area contributed by atoms with Crippen molar-refractivity contribution in [2.24, 2.45) is 4.40 Å².